The van der Waals surface area contributed by atoms with Crippen molar-refractivity contribution in [2.45, 2.75) is 84.0 Å². The van der Waals surface area contributed by atoms with Crippen molar-refractivity contribution in [3.63, 3.8) is 0 Å². The van der Waals surface area contributed by atoms with E-state index in [2.05, 4.69) is 18.2 Å². The molecule has 2 heteroatoms. The quantitative estimate of drug-likeness (QED) is 0.251. The Morgan fingerprint density at radius 2 is 1.33 bits per heavy atom. The first-order chi connectivity index (χ1) is 8.81. The van der Waals surface area contributed by atoms with Gasteiger partial charge in [-0.2, -0.15) is 0 Å². The van der Waals surface area contributed by atoms with Crippen LogP contribution in [0.4, 0.5) is 0 Å². The van der Waals surface area contributed by atoms with Crippen molar-refractivity contribution < 1.29 is 9.53 Å². The fraction of sp³-hybridized carbons (Fsp3) is 0.812. The van der Waals surface area contributed by atoms with Crippen molar-refractivity contribution in [2.24, 2.45) is 0 Å². The monoisotopic (exact) mass is 254 g/mol. The molecule has 0 heterocycles. The van der Waals surface area contributed by atoms with Crippen LogP contribution >= 0.6 is 0 Å². The van der Waals surface area contributed by atoms with Crippen LogP contribution in [0.5, 0.6) is 0 Å². The molecule has 0 aromatic heterocycles. The lowest BCUT2D eigenvalue weighted by Crippen LogP contribution is -1.98. The normalized spacial score (nSPS) is 10.3. The topological polar surface area (TPSA) is 26.3 Å². The number of hydrogen-bond donors (Lipinski definition) is 0. The van der Waals surface area contributed by atoms with Crippen molar-refractivity contribution >= 4 is 5.97 Å². The Kier molecular flexibility index (Phi) is 13.6. The standard InChI is InChI=1S/C16H30O2/c1-3-5-6-7-8-9-10-11-12-13-14-15-16(17)18-4-2/h4H,2-3,5-15H2,1H3. The van der Waals surface area contributed by atoms with Gasteiger partial charge in [0.15, 0.2) is 0 Å². The smallest absolute Gasteiger partial charge is 0.310 e. The first-order valence-corrected chi connectivity index (χ1v) is 7.61. The summed E-state index contributed by atoms with van der Waals surface area (Å²) in [6, 6.07) is 0. The van der Waals surface area contributed by atoms with Crippen molar-refractivity contribution in [2.75, 3.05) is 0 Å². The second-order valence-electron chi connectivity index (χ2n) is 4.94. The average molecular weight is 254 g/mol. The molecule has 0 aromatic rings. The molecule has 0 aromatic carbocycles. The lowest BCUT2D eigenvalue weighted by Gasteiger charge is -2.02. The molecule has 0 N–H and O–H groups in total. The Balaban J connectivity index is 3.03. The third-order valence-corrected chi connectivity index (χ3v) is 3.20. The van der Waals surface area contributed by atoms with Crippen molar-refractivity contribution in [3.8, 4) is 0 Å². The van der Waals surface area contributed by atoms with Crippen LogP contribution in [0.25, 0.3) is 0 Å². The number of hydrogen-bond acceptors (Lipinski definition) is 2. The zero-order chi connectivity index (χ0) is 13.5. The van der Waals surface area contributed by atoms with Gasteiger partial charge in [0.25, 0.3) is 0 Å². The lowest BCUT2D eigenvalue weighted by molar-refractivity contribution is -0.138. The molecule has 18 heavy (non-hydrogen) atoms. The Bertz CT molecular complexity index is 199. The molecule has 0 saturated heterocycles. The predicted octanol–water partition coefficient (Wildman–Crippen LogP) is 5.37. The van der Waals surface area contributed by atoms with E-state index in [9.17, 15) is 4.79 Å². The van der Waals surface area contributed by atoms with Gasteiger partial charge < -0.3 is 4.74 Å². The highest BCUT2D eigenvalue weighted by Gasteiger charge is 1.99. The molecule has 0 bridgehead atoms. The van der Waals surface area contributed by atoms with Gasteiger partial charge in [-0.25, -0.2) is 0 Å². The van der Waals surface area contributed by atoms with Crippen LogP contribution in [0, 0.1) is 0 Å². The summed E-state index contributed by atoms with van der Waals surface area (Å²) >= 11 is 0. The maximum absolute atomic E-state index is 11.0. The van der Waals surface area contributed by atoms with Crippen molar-refractivity contribution in [3.05, 3.63) is 12.8 Å². The summed E-state index contributed by atoms with van der Waals surface area (Å²) in [5, 5.41) is 0. The third kappa shape index (κ3) is 13.3. The second-order valence-corrected chi connectivity index (χ2v) is 4.94. The van der Waals surface area contributed by atoms with E-state index in [1.807, 2.05) is 0 Å². The molecule has 0 fully saturated rings. The Morgan fingerprint density at radius 1 is 0.889 bits per heavy atom. The molecule has 0 radical (unpaired) electrons. The van der Waals surface area contributed by atoms with E-state index >= 15 is 0 Å². The van der Waals surface area contributed by atoms with Gasteiger partial charge >= 0.3 is 5.97 Å². The third-order valence-electron chi connectivity index (χ3n) is 3.20. The van der Waals surface area contributed by atoms with E-state index in [4.69, 9.17) is 0 Å². The van der Waals surface area contributed by atoms with Gasteiger partial charge in [-0.15, -0.1) is 0 Å². The van der Waals surface area contributed by atoms with Gasteiger partial charge in [-0.05, 0) is 6.42 Å². The van der Waals surface area contributed by atoms with E-state index in [1.54, 1.807) is 0 Å². The summed E-state index contributed by atoms with van der Waals surface area (Å²) in [5.41, 5.74) is 0. The van der Waals surface area contributed by atoms with Crippen LogP contribution < -0.4 is 0 Å². The second kappa shape index (κ2) is 14.3. The fourth-order valence-corrected chi connectivity index (χ4v) is 2.09. The number of ether oxygens (including phenoxy) is 1. The molecule has 106 valence electrons. The fourth-order valence-electron chi connectivity index (χ4n) is 2.09. The molecule has 0 saturated carbocycles. The Morgan fingerprint density at radius 3 is 1.78 bits per heavy atom. The molecule has 0 atom stereocenters. The summed E-state index contributed by atoms with van der Waals surface area (Å²) in [6.07, 6.45) is 16.0. The maximum atomic E-state index is 11.0. The number of rotatable bonds is 13. The number of esters is 1. The van der Waals surface area contributed by atoms with Gasteiger partial charge in [0.2, 0.25) is 0 Å². The molecular formula is C16H30O2. The average Bonchev–Trinajstić information content (AvgIpc) is 2.36. The highest BCUT2D eigenvalue weighted by Crippen LogP contribution is 2.12. The highest BCUT2D eigenvalue weighted by molar-refractivity contribution is 5.69. The molecule has 0 aliphatic rings. The van der Waals surface area contributed by atoms with E-state index in [0.717, 1.165) is 12.8 Å². The van der Waals surface area contributed by atoms with Crippen molar-refractivity contribution in [1.29, 1.82) is 0 Å². The summed E-state index contributed by atoms with van der Waals surface area (Å²) in [7, 11) is 0. The summed E-state index contributed by atoms with van der Waals surface area (Å²) in [4.78, 5) is 11.0. The minimum Gasteiger partial charge on any atom is -0.435 e. The first-order valence-electron chi connectivity index (χ1n) is 7.61. The Hall–Kier alpha value is -0.790. The van der Waals surface area contributed by atoms with Gasteiger partial charge in [-0.3, -0.25) is 4.79 Å². The number of unbranched alkanes of at least 4 members (excludes halogenated alkanes) is 10. The maximum Gasteiger partial charge on any atom is 0.310 e. The minimum atomic E-state index is -0.152. The summed E-state index contributed by atoms with van der Waals surface area (Å²) in [5.74, 6) is -0.152. The van der Waals surface area contributed by atoms with Gasteiger partial charge in [-0.1, -0.05) is 77.7 Å². The van der Waals surface area contributed by atoms with E-state index < -0.39 is 0 Å². The molecule has 0 amide bonds. The van der Waals surface area contributed by atoms with Gasteiger partial charge in [0, 0.05) is 6.42 Å². The van der Waals surface area contributed by atoms with Crippen LogP contribution in [-0.4, -0.2) is 5.97 Å². The summed E-state index contributed by atoms with van der Waals surface area (Å²) in [6.45, 7) is 5.62. The molecular weight excluding hydrogens is 224 g/mol. The van der Waals surface area contributed by atoms with Crippen molar-refractivity contribution in [1.82, 2.24) is 0 Å². The first kappa shape index (κ1) is 17.2. The Labute approximate surface area is 113 Å². The van der Waals surface area contributed by atoms with Crippen LogP contribution in [0.3, 0.4) is 0 Å². The van der Waals surface area contributed by atoms with Crippen LogP contribution in [0.15, 0.2) is 12.8 Å². The lowest BCUT2D eigenvalue weighted by atomic mass is 10.1. The highest BCUT2D eigenvalue weighted by atomic mass is 16.5. The van der Waals surface area contributed by atoms with E-state index in [0.29, 0.717) is 6.42 Å². The predicted molar refractivity (Wildman–Crippen MR) is 77.4 cm³/mol. The molecule has 0 spiro atoms. The zero-order valence-electron chi connectivity index (χ0n) is 12.1. The van der Waals surface area contributed by atoms with Crippen LogP contribution in [0.2, 0.25) is 0 Å². The molecule has 2 nitrogen and oxygen atoms in total. The molecule has 0 aliphatic carbocycles. The zero-order valence-corrected chi connectivity index (χ0v) is 12.1. The minimum absolute atomic E-state index is 0.152. The van der Waals surface area contributed by atoms with Gasteiger partial charge in [0.1, 0.15) is 0 Å². The molecule has 0 rings (SSSR count). The van der Waals surface area contributed by atoms with Crippen LogP contribution in [-0.2, 0) is 9.53 Å². The van der Waals surface area contributed by atoms with Crippen LogP contribution in [0.1, 0.15) is 84.0 Å². The molecule has 0 unspecified atom stereocenters. The molecule has 0 aliphatic heterocycles. The largest absolute Gasteiger partial charge is 0.435 e. The number of carbonyl (C=O) groups excluding carboxylic acids is 1. The SMILES string of the molecule is C=COC(=O)CCCCCCCCCCCCC. The van der Waals surface area contributed by atoms with E-state index in [-0.39, 0.29) is 5.97 Å². The van der Waals surface area contributed by atoms with Gasteiger partial charge in [0.05, 0.1) is 6.26 Å². The summed E-state index contributed by atoms with van der Waals surface area (Å²) < 4.78 is 4.66. The van der Waals surface area contributed by atoms with E-state index in [1.165, 1.54) is 64.0 Å². The number of carbonyl (C=O) groups is 1.